The lowest BCUT2D eigenvalue weighted by molar-refractivity contribution is -0.230. The van der Waals surface area contributed by atoms with Crippen molar-refractivity contribution in [3.63, 3.8) is 0 Å². The van der Waals surface area contributed by atoms with Crippen LogP contribution in [0.1, 0.15) is 26.3 Å². The fourth-order valence-corrected chi connectivity index (χ4v) is 2.18. The molecule has 1 fully saturated rings. The molecule has 0 aromatic heterocycles. The van der Waals surface area contributed by atoms with E-state index < -0.39 is 0 Å². The average molecular weight is 248 g/mol. The van der Waals surface area contributed by atoms with Crippen LogP contribution >= 0.6 is 0 Å². The Labute approximate surface area is 110 Å². The zero-order valence-electron chi connectivity index (χ0n) is 11.9. The summed E-state index contributed by atoms with van der Waals surface area (Å²) in [6.07, 6.45) is 0. The van der Waals surface area contributed by atoms with E-state index in [-0.39, 0.29) is 5.60 Å². The van der Waals surface area contributed by atoms with E-state index in [0.29, 0.717) is 0 Å². The second-order valence-corrected chi connectivity index (χ2v) is 5.96. The Hall–Kier alpha value is -1.06. The lowest BCUT2D eigenvalue weighted by Crippen LogP contribution is -2.48. The number of anilines is 1. The summed E-state index contributed by atoms with van der Waals surface area (Å²) in [4.78, 5) is 8.31. The number of hydroxylamine groups is 2. The van der Waals surface area contributed by atoms with Crippen molar-refractivity contribution in [1.29, 1.82) is 0 Å². The predicted molar refractivity (Wildman–Crippen MR) is 75.8 cm³/mol. The van der Waals surface area contributed by atoms with Crippen molar-refractivity contribution in [3.8, 4) is 0 Å². The Kier molecular flexibility index (Phi) is 3.93. The molecular weight excluding hydrogens is 224 g/mol. The first kappa shape index (κ1) is 13.4. The second-order valence-electron chi connectivity index (χ2n) is 5.96. The van der Waals surface area contributed by atoms with Crippen LogP contribution in [0.5, 0.6) is 0 Å². The van der Waals surface area contributed by atoms with Crippen molar-refractivity contribution < 1.29 is 4.84 Å². The van der Waals surface area contributed by atoms with Gasteiger partial charge in [-0.2, -0.15) is 5.06 Å². The molecule has 3 nitrogen and oxygen atoms in total. The Balaban J connectivity index is 1.88. The van der Waals surface area contributed by atoms with Crippen LogP contribution in [-0.4, -0.2) is 36.8 Å². The minimum Gasteiger partial charge on any atom is -0.369 e. The molecule has 1 heterocycles. The number of hydrogen-bond donors (Lipinski definition) is 0. The van der Waals surface area contributed by atoms with Gasteiger partial charge < -0.3 is 4.90 Å². The molecule has 1 aromatic carbocycles. The third-order valence-corrected chi connectivity index (χ3v) is 3.04. The van der Waals surface area contributed by atoms with Gasteiger partial charge in [0.1, 0.15) is 0 Å². The Morgan fingerprint density at radius 2 is 1.50 bits per heavy atom. The van der Waals surface area contributed by atoms with Crippen LogP contribution in [0.2, 0.25) is 0 Å². The monoisotopic (exact) mass is 248 g/mol. The molecule has 0 unspecified atom stereocenters. The number of aryl methyl sites for hydroxylation is 1. The van der Waals surface area contributed by atoms with Gasteiger partial charge in [-0.05, 0) is 39.8 Å². The van der Waals surface area contributed by atoms with E-state index in [1.54, 1.807) is 0 Å². The predicted octanol–water partition coefficient (Wildman–Crippen LogP) is 2.85. The molecule has 0 amide bonds. The molecule has 2 rings (SSSR count). The van der Waals surface area contributed by atoms with Crippen molar-refractivity contribution >= 4 is 5.69 Å². The van der Waals surface area contributed by atoms with E-state index in [9.17, 15) is 0 Å². The van der Waals surface area contributed by atoms with Gasteiger partial charge in [0.25, 0.3) is 0 Å². The highest BCUT2D eigenvalue weighted by Gasteiger charge is 2.22. The third kappa shape index (κ3) is 3.72. The fraction of sp³-hybridized carbons (Fsp3) is 0.600. The molecule has 1 aromatic rings. The van der Waals surface area contributed by atoms with Crippen molar-refractivity contribution in [2.45, 2.75) is 33.3 Å². The Morgan fingerprint density at radius 3 is 2.00 bits per heavy atom. The smallest absolute Gasteiger partial charge is 0.0815 e. The van der Waals surface area contributed by atoms with Gasteiger partial charge in [0, 0.05) is 31.9 Å². The maximum absolute atomic E-state index is 5.89. The zero-order valence-corrected chi connectivity index (χ0v) is 11.9. The van der Waals surface area contributed by atoms with Crippen molar-refractivity contribution in [1.82, 2.24) is 5.06 Å². The molecule has 1 saturated heterocycles. The Bertz CT molecular complexity index is 372. The second kappa shape index (κ2) is 5.29. The Morgan fingerprint density at radius 1 is 0.944 bits per heavy atom. The topological polar surface area (TPSA) is 15.7 Å². The number of rotatable bonds is 2. The fourth-order valence-electron chi connectivity index (χ4n) is 2.18. The molecular formula is C15H24N2O. The van der Waals surface area contributed by atoms with Gasteiger partial charge in [0.2, 0.25) is 0 Å². The lowest BCUT2D eigenvalue weighted by atomic mass is 10.2. The molecule has 1 aliphatic heterocycles. The first-order chi connectivity index (χ1) is 8.44. The maximum atomic E-state index is 5.89. The van der Waals surface area contributed by atoms with E-state index in [2.05, 4.69) is 61.9 Å². The molecule has 3 heteroatoms. The summed E-state index contributed by atoms with van der Waals surface area (Å²) in [6.45, 7) is 12.4. The highest BCUT2D eigenvalue weighted by Crippen LogP contribution is 2.18. The molecule has 18 heavy (non-hydrogen) atoms. The first-order valence-electron chi connectivity index (χ1n) is 6.70. The van der Waals surface area contributed by atoms with E-state index in [4.69, 9.17) is 4.84 Å². The average Bonchev–Trinajstić information content (AvgIpc) is 2.29. The molecule has 0 aliphatic carbocycles. The number of piperazine rings is 1. The van der Waals surface area contributed by atoms with Crippen LogP contribution in [0.25, 0.3) is 0 Å². The lowest BCUT2D eigenvalue weighted by Gasteiger charge is -2.38. The molecule has 0 spiro atoms. The summed E-state index contributed by atoms with van der Waals surface area (Å²) in [7, 11) is 0. The van der Waals surface area contributed by atoms with Crippen LogP contribution in [-0.2, 0) is 4.84 Å². The first-order valence-corrected chi connectivity index (χ1v) is 6.70. The standard InChI is InChI=1S/C15H24N2O/c1-13-5-7-14(8-6-13)16-9-11-17(12-10-16)18-15(2,3)4/h5-8H,9-12H2,1-4H3. The normalized spacial score (nSPS) is 18.1. The van der Waals surface area contributed by atoms with Gasteiger partial charge in [0.15, 0.2) is 0 Å². The van der Waals surface area contributed by atoms with Crippen LogP contribution in [0, 0.1) is 6.92 Å². The van der Waals surface area contributed by atoms with Crippen LogP contribution in [0.4, 0.5) is 5.69 Å². The number of benzene rings is 1. The third-order valence-electron chi connectivity index (χ3n) is 3.04. The molecule has 1 aliphatic rings. The SMILES string of the molecule is Cc1ccc(N2CCN(OC(C)(C)C)CC2)cc1. The summed E-state index contributed by atoms with van der Waals surface area (Å²) in [5.74, 6) is 0. The number of nitrogens with zero attached hydrogens (tertiary/aromatic N) is 2. The quantitative estimate of drug-likeness (QED) is 0.800. The highest BCUT2D eigenvalue weighted by atomic mass is 16.7. The van der Waals surface area contributed by atoms with Gasteiger partial charge in [-0.25, -0.2) is 0 Å². The summed E-state index contributed by atoms with van der Waals surface area (Å²) >= 11 is 0. The molecule has 0 saturated carbocycles. The summed E-state index contributed by atoms with van der Waals surface area (Å²) < 4.78 is 0. The molecule has 0 N–H and O–H groups in total. The zero-order chi connectivity index (χ0) is 13.2. The van der Waals surface area contributed by atoms with E-state index in [1.807, 2.05) is 0 Å². The van der Waals surface area contributed by atoms with Crippen LogP contribution in [0.15, 0.2) is 24.3 Å². The van der Waals surface area contributed by atoms with Crippen molar-refractivity contribution in [2.75, 3.05) is 31.1 Å². The van der Waals surface area contributed by atoms with Crippen LogP contribution in [0.3, 0.4) is 0 Å². The summed E-state index contributed by atoms with van der Waals surface area (Å²) in [6, 6.07) is 8.76. The van der Waals surface area contributed by atoms with Gasteiger partial charge in [-0.1, -0.05) is 17.7 Å². The van der Waals surface area contributed by atoms with Crippen LogP contribution < -0.4 is 4.90 Å². The largest absolute Gasteiger partial charge is 0.369 e. The molecule has 0 bridgehead atoms. The van der Waals surface area contributed by atoms with Gasteiger partial charge in [-0.3, -0.25) is 4.84 Å². The molecule has 0 radical (unpaired) electrons. The highest BCUT2D eigenvalue weighted by molar-refractivity contribution is 5.47. The molecule has 100 valence electrons. The minimum absolute atomic E-state index is 0.0912. The minimum atomic E-state index is -0.0912. The maximum Gasteiger partial charge on any atom is 0.0815 e. The van der Waals surface area contributed by atoms with E-state index in [0.717, 1.165) is 26.2 Å². The van der Waals surface area contributed by atoms with Gasteiger partial charge in [0.05, 0.1) is 5.60 Å². The molecule has 0 atom stereocenters. The van der Waals surface area contributed by atoms with Crippen molar-refractivity contribution in [3.05, 3.63) is 29.8 Å². The van der Waals surface area contributed by atoms with Crippen molar-refractivity contribution in [2.24, 2.45) is 0 Å². The summed E-state index contributed by atoms with van der Waals surface area (Å²) in [5.41, 5.74) is 2.54. The van der Waals surface area contributed by atoms with E-state index in [1.165, 1.54) is 11.3 Å². The summed E-state index contributed by atoms with van der Waals surface area (Å²) in [5, 5.41) is 2.09. The van der Waals surface area contributed by atoms with Gasteiger partial charge >= 0.3 is 0 Å². The number of hydrogen-bond acceptors (Lipinski definition) is 3. The van der Waals surface area contributed by atoms with E-state index >= 15 is 0 Å². The van der Waals surface area contributed by atoms with Gasteiger partial charge in [-0.15, -0.1) is 0 Å².